The minimum Gasteiger partial charge on any atom is -0.455 e. The molecular weight excluding hydrogens is 544 g/mol. The monoisotopic (exact) mass is 599 g/mol. The van der Waals surface area contributed by atoms with Crippen LogP contribution in [0.1, 0.15) is 37.0 Å². The highest BCUT2D eigenvalue weighted by Gasteiger charge is 2.18. The van der Waals surface area contributed by atoms with Gasteiger partial charge in [0.2, 0.25) is 0 Å². The molecule has 45 heavy (non-hydrogen) atoms. The third kappa shape index (κ3) is 4.17. The summed E-state index contributed by atoms with van der Waals surface area (Å²) < 4.78 is 247. The van der Waals surface area contributed by atoms with E-state index in [1.54, 1.807) is 0 Å². The van der Waals surface area contributed by atoms with E-state index >= 15 is 0 Å². The molecule has 0 N–H and O–H groups in total. The molecule has 9 aromatic rings. The van der Waals surface area contributed by atoms with Gasteiger partial charge in [0.25, 0.3) is 0 Å². The third-order valence-corrected chi connectivity index (χ3v) is 7.10. The van der Waals surface area contributed by atoms with Crippen LogP contribution in [0.3, 0.4) is 0 Å². The average Bonchev–Trinajstić information content (AvgIpc) is 3.75. The summed E-state index contributed by atoms with van der Waals surface area (Å²) in [7, 11) is 0. The molecule has 0 saturated carbocycles. The summed E-state index contributed by atoms with van der Waals surface area (Å²) in [5.74, 6) is 0. The van der Waals surface area contributed by atoms with Crippen molar-refractivity contribution in [2.75, 3.05) is 0 Å². The van der Waals surface area contributed by atoms with E-state index < -0.39 is 251 Å². The minimum atomic E-state index is -1.03. The SMILES string of the molecule is [2H]c1cc([2H])c([2H])c(-c2c([2H])c([2H])c(-c3c4c([2H])c([2H])c([2H])c([2H])c4c(-c4c([2H])c([2H])c5oc6c(-c7c([2H])c([2H])c([2H])c([2H])c7[2H])c([2H])c([2H])c([2H])c6c5c4[2H])c4c([2H])c([2H])c([2H])c([2H])c34)c([2H])c2[2H])c1[2H]. The standard InChI is InChI=1S/C44H28O/c1-3-12-29(13-4-1)30-22-24-32(25-23-30)42-35-16-7-9-18-37(35)43(38-19-10-8-17-36(38)42)33-26-27-41-40(28-33)39-21-11-20-34(44(39)45-41)31-14-5-2-6-15-31/h1-28H/i2D,3D,4D,5D,6D,7D,8D,9D,10D,11D,12D,13D,14D,15D,16D,17D,18D,19D,20D,21D,22D,23D,24D,25D,26D,27D,28D. The Morgan fingerprint density at radius 2 is 0.867 bits per heavy atom. The fourth-order valence-electron chi connectivity index (χ4n) is 5.19. The van der Waals surface area contributed by atoms with Crippen LogP contribution in [0.5, 0.6) is 0 Å². The van der Waals surface area contributed by atoms with Gasteiger partial charge in [-0.3, -0.25) is 0 Å². The lowest BCUT2D eigenvalue weighted by Gasteiger charge is -2.18. The van der Waals surface area contributed by atoms with Crippen molar-refractivity contribution in [3.05, 3.63) is 169 Å². The lowest BCUT2D eigenvalue weighted by Crippen LogP contribution is -1.91. The summed E-state index contributed by atoms with van der Waals surface area (Å²) in [4.78, 5) is 0. The number of furan rings is 1. The van der Waals surface area contributed by atoms with E-state index in [0.29, 0.717) is 0 Å². The largest absolute Gasteiger partial charge is 0.455 e. The molecular formula is C44H28O. The lowest BCUT2D eigenvalue weighted by atomic mass is 9.85. The zero-order chi connectivity index (χ0) is 53.2. The maximum atomic E-state index is 9.83. The molecule has 0 aliphatic rings. The molecule has 0 unspecified atom stereocenters. The summed E-state index contributed by atoms with van der Waals surface area (Å²) in [6.45, 7) is 0. The van der Waals surface area contributed by atoms with Crippen LogP contribution in [0.4, 0.5) is 0 Å². The van der Waals surface area contributed by atoms with Crippen LogP contribution in [0.15, 0.2) is 174 Å². The molecule has 9 rings (SSSR count). The first kappa shape index (κ1) is 10.3. The van der Waals surface area contributed by atoms with E-state index in [2.05, 4.69) is 0 Å². The fourth-order valence-corrected chi connectivity index (χ4v) is 5.19. The van der Waals surface area contributed by atoms with Gasteiger partial charge in [0.1, 0.15) is 11.2 Å². The number of fused-ring (bicyclic) bond motifs is 5. The topological polar surface area (TPSA) is 13.1 Å². The van der Waals surface area contributed by atoms with Gasteiger partial charge >= 0.3 is 0 Å². The highest BCUT2D eigenvalue weighted by atomic mass is 16.3. The first-order chi connectivity index (χ1) is 33.6. The predicted octanol–water partition coefficient (Wildman–Crippen LogP) is 12.6. The van der Waals surface area contributed by atoms with E-state index in [-0.39, 0.29) is 0 Å². The van der Waals surface area contributed by atoms with E-state index in [9.17, 15) is 12.3 Å². The maximum absolute atomic E-state index is 9.83. The summed E-state index contributed by atoms with van der Waals surface area (Å²) in [6, 6.07) is -23.4. The highest BCUT2D eigenvalue weighted by molar-refractivity contribution is 6.22. The van der Waals surface area contributed by atoms with Crippen molar-refractivity contribution in [3.63, 3.8) is 0 Å². The van der Waals surface area contributed by atoms with Crippen molar-refractivity contribution in [1.29, 1.82) is 0 Å². The van der Waals surface area contributed by atoms with Crippen molar-refractivity contribution < 1.29 is 41.4 Å². The van der Waals surface area contributed by atoms with E-state index in [0.717, 1.165) is 6.07 Å². The number of para-hydroxylation sites is 1. The molecule has 0 spiro atoms. The second-order valence-corrected chi connectivity index (χ2v) is 9.57. The van der Waals surface area contributed by atoms with Crippen LogP contribution in [0, 0.1) is 0 Å². The third-order valence-electron chi connectivity index (χ3n) is 7.10. The first-order valence-corrected chi connectivity index (χ1v) is 13.2. The Labute approximate surface area is 299 Å². The second-order valence-electron chi connectivity index (χ2n) is 9.57. The molecule has 210 valence electrons. The Morgan fingerprint density at radius 3 is 1.53 bits per heavy atom. The molecule has 0 fully saturated rings. The number of rotatable bonds is 4. The number of hydrogen-bond acceptors (Lipinski definition) is 1. The van der Waals surface area contributed by atoms with Crippen LogP contribution >= 0.6 is 0 Å². The van der Waals surface area contributed by atoms with Crippen LogP contribution in [0.25, 0.3) is 88.0 Å². The van der Waals surface area contributed by atoms with E-state index in [4.69, 9.17) is 29.1 Å². The molecule has 1 nitrogen and oxygen atoms in total. The van der Waals surface area contributed by atoms with Crippen LogP contribution < -0.4 is 0 Å². The van der Waals surface area contributed by atoms with Gasteiger partial charge in [0, 0.05) is 16.3 Å². The van der Waals surface area contributed by atoms with Crippen molar-refractivity contribution in [2.45, 2.75) is 0 Å². The summed E-state index contributed by atoms with van der Waals surface area (Å²) in [5.41, 5.74) is -6.97. The van der Waals surface area contributed by atoms with Gasteiger partial charge in [0.05, 0.1) is 37.0 Å². The molecule has 0 aliphatic carbocycles. The number of benzene rings is 8. The van der Waals surface area contributed by atoms with Gasteiger partial charge in [-0.15, -0.1) is 0 Å². The molecule has 8 aromatic carbocycles. The zero-order valence-corrected chi connectivity index (χ0v) is 22.5. The Kier molecular flexibility index (Phi) is 2.38. The van der Waals surface area contributed by atoms with Gasteiger partial charge in [-0.05, 0) is 72.6 Å². The molecule has 0 amide bonds. The van der Waals surface area contributed by atoms with Gasteiger partial charge in [-0.25, -0.2) is 0 Å². The van der Waals surface area contributed by atoms with Gasteiger partial charge in [0.15, 0.2) is 0 Å². The Morgan fingerprint density at radius 1 is 0.356 bits per heavy atom. The predicted molar refractivity (Wildman–Crippen MR) is 190 cm³/mol. The van der Waals surface area contributed by atoms with Gasteiger partial charge in [-0.1, -0.05) is 157 Å². The first-order valence-electron chi connectivity index (χ1n) is 26.7. The Hall–Kier alpha value is -5.92. The average molecular weight is 600 g/mol. The maximum Gasteiger partial charge on any atom is 0.143 e. The summed E-state index contributed by atoms with van der Waals surface area (Å²) in [5, 5.41) is -4.05. The zero-order valence-electron chi connectivity index (χ0n) is 49.5. The normalized spacial score (nSPS) is 20.0. The Bertz CT molecular complexity index is 3900. The fraction of sp³-hybridized carbons (Fsp3) is 0. The number of hydrogen-bond donors (Lipinski definition) is 0. The quantitative estimate of drug-likeness (QED) is 0.183. The van der Waals surface area contributed by atoms with Gasteiger partial charge < -0.3 is 4.42 Å². The van der Waals surface area contributed by atoms with Crippen LogP contribution in [-0.2, 0) is 0 Å². The second kappa shape index (κ2) is 10.4. The van der Waals surface area contributed by atoms with Gasteiger partial charge in [-0.2, -0.15) is 0 Å². The van der Waals surface area contributed by atoms with E-state index in [1.165, 1.54) is 0 Å². The summed E-state index contributed by atoms with van der Waals surface area (Å²) in [6.07, 6.45) is 0. The highest BCUT2D eigenvalue weighted by Crippen LogP contribution is 2.45. The van der Waals surface area contributed by atoms with Crippen molar-refractivity contribution >= 4 is 43.5 Å². The van der Waals surface area contributed by atoms with E-state index in [1.807, 2.05) is 0 Å². The smallest absolute Gasteiger partial charge is 0.143 e. The summed E-state index contributed by atoms with van der Waals surface area (Å²) >= 11 is 0. The molecule has 1 heterocycles. The van der Waals surface area contributed by atoms with Crippen molar-refractivity contribution in [2.24, 2.45) is 0 Å². The molecule has 0 radical (unpaired) electrons. The lowest BCUT2D eigenvalue weighted by molar-refractivity contribution is 0.670. The van der Waals surface area contributed by atoms with Crippen LogP contribution in [-0.4, -0.2) is 0 Å². The molecule has 0 bridgehead atoms. The molecule has 0 aliphatic heterocycles. The molecule has 0 saturated heterocycles. The van der Waals surface area contributed by atoms with Crippen molar-refractivity contribution in [1.82, 2.24) is 0 Å². The minimum absolute atomic E-state index is 0.550. The Balaban J connectivity index is 1.55. The molecule has 1 aromatic heterocycles. The molecule has 0 atom stereocenters. The molecule has 1 heteroatoms. The van der Waals surface area contributed by atoms with Crippen molar-refractivity contribution in [3.8, 4) is 44.5 Å². The van der Waals surface area contributed by atoms with Crippen LogP contribution in [0.2, 0.25) is 0 Å².